The molecule has 1 N–H and O–H groups in total. The quantitative estimate of drug-likeness (QED) is 0.405. The number of hydrogen-bond donors (Lipinski definition) is 1. The molecule has 3 aromatic carbocycles. The first-order chi connectivity index (χ1) is 17.4. The fourth-order valence-corrected chi connectivity index (χ4v) is 4.00. The van der Waals surface area contributed by atoms with Crippen LogP contribution in [-0.4, -0.2) is 24.8 Å². The zero-order chi connectivity index (χ0) is 25.2. The van der Waals surface area contributed by atoms with Gasteiger partial charge in [0.15, 0.2) is 28.6 Å². The molecule has 1 aromatic heterocycles. The number of fused-ring (bicyclic) bond motifs is 2. The summed E-state index contributed by atoms with van der Waals surface area (Å²) in [5, 5.41) is 3.01. The summed E-state index contributed by atoms with van der Waals surface area (Å²) in [7, 11) is 0. The molecule has 182 valence electrons. The SMILES string of the molecule is Cc1c(-c2ccccc2)oc2c(C(=O)OC(C)C(=O)NCc3ccc4c(c3)OCO4)cccc2c1=O. The molecular weight excluding hydrogens is 462 g/mol. The Kier molecular flexibility index (Phi) is 6.16. The number of benzene rings is 3. The van der Waals surface area contributed by atoms with Crippen LogP contribution in [0.5, 0.6) is 11.5 Å². The van der Waals surface area contributed by atoms with E-state index in [0.29, 0.717) is 28.4 Å². The van der Waals surface area contributed by atoms with Gasteiger partial charge in [-0.3, -0.25) is 9.59 Å². The van der Waals surface area contributed by atoms with Crippen molar-refractivity contribution in [2.75, 3.05) is 6.79 Å². The Morgan fingerprint density at radius 2 is 1.78 bits per heavy atom. The molecule has 8 nitrogen and oxygen atoms in total. The van der Waals surface area contributed by atoms with E-state index >= 15 is 0 Å². The molecule has 1 amide bonds. The van der Waals surface area contributed by atoms with Crippen molar-refractivity contribution in [2.45, 2.75) is 26.5 Å². The standard InChI is InChI=1S/C28H23NO7/c1-16-24(30)20-9-6-10-21(26(20)36-25(16)19-7-4-3-5-8-19)28(32)35-17(2)27(31)29-14-18-11-12-22-23(13-18)34-15-33-22/h3-13,17H,14-15H2,1-2H3,(H,29,31). The van der Waals surface area contributed by atoms with Gasteiger partial charge in [0.1, 0.15) is 11.3 Å². The molecule has 0 radical (unpaired) electrons. The van der Waals surface area contributed by atoms with Gasteiger partial charge >= 0.3 is 5.97 Å². The van der Waals surface area contributed by atoms with Crippen LogP contribution in [0.3, 0.4) is 0 Å². The van der Waals surface area contributed by atoms with Crippen LogP contribution in [0.15, 0.2) is 75.9 Å². The van der Waals surface area contributed by atoms with Crippen molar-refractivity contribution in [3.05, 3.63) is 93.6 Å². The fourth-order valence-electron chi connectivity index (χ4n) is 4.00. The average Bonchev–Trinajstić information content (AvgIpc) is 3.37. The summed E-state index contributed by atoms with van der Waals surface area (Å²) >= 11 is 0. The van der Waals surface area contributed by atoms with Crippen LogP contribution in [0.1, 0.15) is 28.4 Å². The van der Waals surface area contributed by atoms with E-state index in [1.54, 1.807) is 31.2 Å². The zero-order valence-corrected chi connectivity index (χ0v) is 19.7. The summed E-state index contributed by atoms with van der Waals surface area (Å²) in [6, 6.07) is 19.2. The van der Waals surface area contributed by atoms with Gasteiger partial charge in [-0.25, -0.2) is 4.79 Å². The lowest BCUT2D eigenvalue weighted by molar-refractivity contribution is -0.129. The molecule has 0 fully saturated rings. The normalized spacial score (nSPS) is 12.8. The lowest BCUT2D eigenvalue weighted by Crippen LogP contribution is -2.35. The monoisotopic (exact) mass is 485 g/mol. The van der Waals surface area contributed by atoms with Gasteiger partial charge in [0, 0.05) is 17.7 Å². The van der Waals surface area contributed by atoms with Crippen molar-refractivity contribution in [3.63, 3.8) is 0 Å². The third kappa shape index (κ3) is 4.40. The summed E-state index contributed by atoms with van der Waals surface area (Å²) < 4.78 is 22.1. The Morgan fingerprint density at radius 1 is 1.00 bits per heavy atom. The summed E-state index contributed by atoms with van der Waals surface area (Å²) in [4.78, 5) is 38.7. The Morgan fingerprint density at radius 3 is 2.58 bits per heavy atom. The number of rotatable bonds is 6. The second-order valence-corrected chi connectivity index (χ2v) is 8.39. The minimum Gasteiger partial charge on any atom is -0.455 e. The number of amides is 1. The van der Waals surface area contributed by atoms with E-state index in [0.717, 1.165) is 5.56 Å². The van der Waals surface area contributed by atoms with Crippen LogP contribution in [0, 0.1) is 6.92 Å². The molecule has 1 aliphatic rings. The third-order valence-corrected chi connectivity index (χ3v) is 5.96. The summed E-state index contributed by atoms with van der Waals surface area (Å²) in [5.74, 6) is 0.409. The molecule has 0 aliphatic carbocycles. The summed E-state index contributed by atoms with van der Waals surface area (Å²) in [5.41, 5.74) is 1.91. The highest BCUT2D eigenvalue weighted by Crippen LogP contribution is 2.32. The van der Waals surface area contributed by atoms with E-state index in [1.165, 1.54) is 13.0 Å². The Balaban J connectivity index is 1.34. The Hall–Kier alpha value is -4.59. The molecule has 8 heteroatoms. The molecule has 2 heterocycles. The fraction of sp³-hybridized carbons (Fsp3) is 0.179. The maximum atomic E-state index is 13.0. The van der Waals surface area contributed by atoms with Crippen molar-refractivity contribution in [3.8, 4) is 22.8 Å². The second kappa shape index (κ2) is 9.58. The number of ether oxygens (including phenoxy) is 3. The van der Waals surface area contributed by atoms with Crippen molar-refractivity contribution in [1.82, 2.24) is 5.32 Å². The maximum Gasteiger partial charge on any atom is 0.342 e. The highest BCUT2D eigenvalue weighted by Gasteiger charge is 2.23. The smallest absolute Gasteiger partial charge is 0.342 e. The number of para-hydroxylation sites is 1. The predicted octanol–water partition coefficient (Wildman–Crippen LogP) is 4.36. The number of hydrogen-bond acceptors (Lipinski definition) is 7. The summed E-state index contributed by atoms with van der Waals surface area (Å²) in [6.07, 6.45) is -1.08. The second-order valence-electron chi connectivity index (χ2n) is 8.39. The molecule has 0 saturated carbocycles. The molecule has 1 unspecified atom stereocenters. The minimum atomic E-state index is -1.08. The van der Waals surface area contributed by atoms with Gasteiger partial charge in [-0.2, -0.15) is 0 Å². The van der Waals surface area contributed by atoms with Crippen LogP contribution in [-0.2, 0) is 16.1 Å². The van der Waals surface area contributed by atoms with E-state index in [-0.39, 0.29) is 35.3 Å². The number of carbonyl (C=O) groups is 2. The van der Waals surface area contributed by atoms with Crippen LogP contribution < -0.4 is 20.2 Å². The van der Waals surface area contributed by atoms with Crippen molar-refractivity contribution in [2.24, 2.45) is 0 Å². The maximum absolute atomic E-state index is 13.0. The largest absolute Gasteiger partial charge is 0.455 e. The van der Waals surface area contributed by atoms with Crippen molar-refractivity contribution >= 4 is 22.8 Å². The van der Waals surface area contributed by atoms with Gasteiger partial charge in [0.2, 0.25) is 6.79 Å². The summed E-state index contributed by atoms with van der Waals surface area (Å²) in [6.45, 7) is 3.55. The highest BCUT2D eigenvalue weighted by atomic mass is 16.7. The zero-order valence-electron chi connectivity index (χ0n) is 19.7. The predicted molar refractivity (Wildman–Crippen MR) is 132 cm³/mol. The van der Waals surface area contributed by atoms with E-state index < -0.39 is 18.0 Å². The van der Waals surface area contributed by atoms with E-state index in [1.807, 2.05) is 36.4 Å². The first-order valence-electron chi connectivity index (χ1n) is 11.4. The molecule has 36 heavy (non-hydrogen) atoms. The van der Waals surface area contributed by atoms with Gasteiger partial charge in [-0.1, -0.05) is 42.5 Å². The molecule has 0 spiro atoms. The van der Waals surface area contributed by atoms with Gasteiger partial charge < -0.3 is 23.9 Å². The van der Waals surface area contributed by atoms with Crippen molar-refractivity contribution < 1.29 is 28.2 Å². The van der Waals surface area contributed by atoms with Gasteiger partial charge in [-0.15, -0.1) is 0 Å². The van der Waals surface area contributed by atoms with Crippen LogP contribution in [0.4, 0.5) is 0 Å². The van der Waals surface area contributed by atoms with E-state index in [9.17, 15) is 14.4 Å². The van der Waals surface area contributed by atoms with Gasteiger partial charge in [-0.05, 0) is 43.7 Å². The van der Waals surface area contributed by atoms with Crippen molar-refractivity contribution in [1.29, 1.82) is 0 Å². The molecule has 1 atom stereocenters. The Bertz CT molecular complexity index is 1520. The van der Waals surface area contributed by atoms with Crippen LogP contribution in [0.2, 0.25) is 0 Å². The number of nitrogens with one attached hydrogen (secondary N) is 1. The molecule has 5 rings (SSSR count). The lowest BCUT2D eigenvalue weighted by Gasteiger charge is -2.15. The van der Waals surface area contributed by atoms with Crippen LogP contribution >= 0.6 is 0 Å². The van der Waals surface area contributed by atoms with Crippen LogP contribution in [0.25, 0.3) is 22.3 Å². The molecular formula is C28H23NO7. The topological polar surface area (TPSA) is 104 Å². The highest BCUT2D eigenvalue weighted by molar-refractivity contribution is 6.03. The van der Waals surface area contributed by atoms with Gasteiger partial charge in [0.05, 0.1) is 5.39 Å². The van der Waals surface area contributed by atoms with E-state index in [2.05, 4.69) is 5.32 Å². The number of esters is 1. The molecule has 1 aliphatic heterocycles. The van der Waals surface area contributed by atoms with E-state index in [4.69, 9.17) is 18.6 Å². The third-order valence-electron chi connectivity index (χ3n) is 5.96. The Labute approximate surface area is 206 Å². The molecule has 0 bridgehead atoms. The lowest BCUT2D eigenvalue weighted by atomic mass is 10.0. The van der Waals surface area contributed by atoms with Gasteiger partial charge in [0.25, 0.3) is 5.91 Å². The first-order valence-corrected chi connectivity index (χ1v) is 11.4. The minimum absolute atomic E-state index is 0.0669. The molecule has 0 saturated heterocycles. The molecule has 4 aromatic rings. The number of carbonyl (C=O) groups excluding carboxylic acids is 2. The first kappa shape index (κ1) is 23.2. The average molecular weight is 485 g/mol.